The maximum Gasteiger partial charge on any atom is 0.321 e. The van der Waals surface area contributed by atoms with Crippen LogP contribution in [0.2, 0.25) is 0 Å². The molecule has 0 amide bonds. The number of nitrogens with zero attached hydrogens (tertiary/aromatic N) is 2. The summed E-state index contributed by atoms with van der Waals surface area (Å²) in [5.74, 6) is -0.444. The number of nitrogens with one attached hydrogen (secondary N) is 1. The van der Waals surface area contributed by atoms with Gasteiger partial charge in [-0.3, -0.25) is 4.79 Å². The van der Waals surface area contributed by atoms with Crippen LogP contribution in [0, 0.1) is 0 Å². The number of piperazine rings is 1. The number of rotatable bonds is 8. The normalized spacial score (nSPS) is 16.0. The Morgan fingerprint density at radius 3 is 2.33 bits per heavy atom. The zero-order chi connectivity index (χ0) is 23.4. The van der Waals surface area contributed by atoms with Crippen molar-refractivity contribution in [3.63, 3.8) is 0 Å². The van der Waals surface area contributed by atoms with Gasteiger partial charge in [-0.15, -0.1) is 0 Å². The lowest BCUT2D eigenvalue weighted by Crippen LogP contribution is -2.54. The molecule has 33 heavy (non-hydrogen) atoms. The van der Waals surface area contributed by atoms with Crippen molar-refractivity contribution in [2.24, 2.45) is 0 Å². The van der Waals surface area contributed by atoms with Crippen LogP contribution in [0.15, 0.2) is 66.7 Å². The number of anilines is 1. The van der Waals surface area contributed by atoms with E-state index in [2.05, 4.69) is 40.0 Å². The Bertz CT molecular complexity index is 1220. The van der Waals surface area contributed by atoms with Gasteiger partial charge in [0.25, 0.3) is 10.2 Å². The SMILES string of the molecule is CC(NS(=O)(=O)N1CCN(c2ccc(OCc3ccc4ccccc4c3)cc2)CC1)C(=O)O. The molecule has 1 aliphatic rings. The van der Waals surface area contributed by atoms with Crippen molar-refractivity contribution in [3.05, 3.63) is 72.3 Å². The minimum Gasteiger partial charge on any atom is -0.489 e. The van der Waals surface area contributed by atoms with Gasteiger partial charge in [0, 0.05) is 31.9 Å². The third kappa shape index (κ3) is 5.62. The number of benzene rings is 3. The molecule has 1 fully saturated rings. The average Bonchev–Trinajstić information content (AvgIpc) is 2.82. The van der Waals surface area contributed by atoms with Crippen LogP contribution < -0.4 is 14.4 Å². The first-order valence-corrected chi connectivity index (χ1v) is 12.2. The van der Waals surface area contributed by atoms with Crippen LogP contribution in [0.5, 0.6) is 5.75 Å². The van der Waals surface area contributed by atoms with Gasteiger partial charge in [0.1, 0.15) is 18.4 Å². The highest BCUT2D eigenvalue weighted by Crippen LogP contribution is 2.23. The molecule has 0 saturated carbocycles. The van der Waals surface area contributed by atoms with E-state index < -0.39 is 22.2 Å². The van der Waals surface area contributed by atoms with Gasteiger partial charge >= 0.3 is 5.97 Å². The van der Waals surface area contributed by atoms with E-state index in [0.29, 0.717) is 19.7 Å². The molecule has 1 aliphatic heterocycles. The summed E-state index contributed by atoms with van der Waals surface area (Å²) in [7, 11) is -3.83. The maximum absolute atomic E-state index is 12.4. The molecule has 0 radical (unpaired) electrons. The first-order valence-electron chi connectivity index (χ1n) is 10.8. The molecule has 4 rings (SSSR count). The largest absolute Gasteiger partial charge is 0.489 e. The van der Waals surface area contributed by atoms with Crippen molar-refractivity contribution in [1.82, 2.24) is 9.03 Å². The fraction of sp³-hybridized carbons (Fsp3) is 0.292. The number of fused-ring (bicyclic) bond motifs is 1. The second-order valence-corrected chi connectivity index (χ2v) is 9.74. The molecular weight excluding hydrogens is 442 g/mol. The van der Waals surface area contributed by atoms with Crippen molar-refractivity contribution < 1.29 is 23.1 Å². The van der Waals surface area contributed by atoms with Gasteiger partial charge in [-0.05, 0) is 53.6 Å². The van der Waals surface area contributed by atoms with Crippen LogP contribution >= 0.6 is 0 Å². The Morgan fingerprint density at radius 1 is 1.00 bits per heavy atom. The quantitative estimate of drug-likeness (QED) is 0.526. The Kier molecular flexibility index (Phi) is 6.83. The van der Waals surface area contributed by atoms with Crippen molar-refractivity contribution in [1.29, 1.82) is 0 Å². The monoisotopic (exact) mass is 469 g/mol. The Hall–Kier alpha value is -3.14. The van der Waals surface area contributed by atoms with Crippen molar-refractivity contribution in [3.8, 4) is 5.75 Å². The van der Waals surface area contributed by atoms with E-state index in [1.165, 1.54) is 22.0 Å². The molecule has 0 spiro atoms. The van der Waals surface area contributed by atoms with Crippen LogP contribution in [0.4, 0.5) is 5.69 Å². The van der Waals surface area contributed by atoms with Gasteiger partial charge in [-0.25, -0.2) is 0 Å². The fourth-order valence-corrected chi connectivity index (χ4v) is 5.12. The molecule has 0 aromatic heterocycles. The van der Waals surface area contributed by atoms with Gasteiger partial charge in [-0.2, -0.15) is 17.4 Å². The van der Waals surface area contributed by atoms with E-state index in [-0.39, 0.29) is 13.1 Å². The number of carbonyl (C=O) groups is 1. The number of carboxylic acids is 1. The van der Waals surface area contributed by atoms with Crippen LogP contribution in [0.25, 0.3) is 10.8 Å². The maximum atomic E-state index is 12.4. The molecule has 3 aromatic rings. The van der Waals surface area contributed by atoms with E-state index in [1.807, 2.05) is 36.4 Å². The zero-order valence-electron chi connectivity index (χ0n) is 18.3. The van der Waals surface area contributed by atoms with Crippen LogP contribution in [-0.2, 0) is 21.6 Å². The number of carboxylic acid groups (broad SMARTS) is 1. The van der Waals surface area contributed by atoms with Crippen LogP contribution in [0.1, 0.15) is 12.5 Å². The molecule has 1 unspecified atom stereocenters. The highest BCUT2D eigenvalue weighted by atomic mass is 32.2. The molecule has 9 heteroatoms. The summed E-state index contributed by atoms with van der Waals surface area (Å²) in [6, 6.07) is 21.1. The second kappa shape index (κ2) is 9.78. The number of hydrogen-bond donors (Lipinski definition) is 2. The lowest BCUT2D eigenvalue weighted by molar-refractivity contribution is -0.138. The van der Waals surface area contributed by atoms with E-state index in [1.54, 1.807) is 0 Å². The molecule has 3 aromatic carbocycles. The molecule has 1 heterocycles. The summed E-state index contributed by atoms with van der Waals surface area (Å²) in [6.45, 7) is 3.37. The summed E-state index contributed by atoms with van der Waals surface area (Å²) in [4.78, 5) is 13.0. The van der Waals surface area contributed by atoms with Crippen molar-refractivity contribution >= 4 is 32.6 Å². The van der Waals surface area contributed by atoms with E-state index in [4.69, 9.17) is 9.84 Å². The Morgan fingerprint density at radius 2 is 1.67 bits per heavy atom. The van der Waals surface area contributed by atoms with Gasteiger partial charge in [0.2, 0.25) is 0 Å². The highest BCUT2D eigenvalue weighted by Gasteiger charge is 2.29. The molecule has 1 saturated heterocycles. The molecule has 1 atom stereocenters. The molecule has 8 nitrogen and oxygen atoms in total. The molecule has 0 aliphatic carbocycles. The second-order valence-electron chi connectivity index (χ2n) is 8.03. The van der Waals surface area contributed by atoms with Crippen LogP contribution in [-0.4, -0.2) is 56.0 Å². The minimum atomic E-state index is -3.83. The topological polar surface area (TPSA) is 99.2 Å². The van der Waals surface area contributed by atoms with E-state index in [9.17, 15) is 13.2 Å². The Labute approximate surface area is 193 Å². The third-order valence-electron chi connectivity index (χ3n) is 5.70. The van der Waals surface area contributed by atoms with Gasteiger partial charge in [0.15, 0.2) is 0 Å². The molecule has 174 valence electrons. The van der Waals surface area contributed by atoms with Crippen LogP contribution in [0.3, 0.4) is 0 Å². The number of hydrogen-bond acceptors (Lipinski definition) is 5. The van der Waals surface area contributed by atoms with E-state index >= 15 is 0 Å². The standard InChI is InChI=1S/C24H27N3O5S/c1-18(24(28)29)25-33(30,31)27-14-12-26(13-15-27)22-8-10-23(11-9-22)32-17-19-6-7-20-4-2-3-5-21(20)16-19/h2-11,16,18,25H,12-15,17H2,1H3,(H,28,29). The van der Waals surface area contributed by atoms with E-state index in [0.717, 1.165) is 17.0 Å². The Balaban J connectivity index is 1.31. The summed E-state index contributed by atoms with van der Waals surface area (Å²) in [6.07, 6.45) is 0. The predicted molar refractivity (Wildman–Crippen MR) is 128 cm³/mol. The predicted octanol–water partition coefficient (Wildman–Crippen LogP) is 2.85. The van der Waals surface area contributed by atoms with Gasteiger partial charge in [0.05, 0.1) is 0 Å². The highest BCUT2D eigenvalue weighted by molar-refractivity contribution is 7.87. The number of ether oxygens (including phenoxy) is 1. The summed E-state index contributed by atoms with van der Waals surface area (Å²) < 4.78 is 34.1. The average molecular weight is 470 g/mol. The molecule has 2 N–H and O–H groups in total. The van der Waals surface area contributed by atoms with Crippen molar-refractivity contribution in [2.75, 3.05) is 31.1 Å². The smallest absolute Gasteiger partial charge is 0.321 e. The summed E-state index contributed by atoms with van der Waals surface area (Å²) in [5.41, 5.74) is 2.08. The van der Waals surface area contributed by atoms with Crippen molar-refractivity contribution in [2.45, 2.75) is 19.6 Å². The summed E-state index contributed by atoms with van der Waals surface area (Å²) in [5, 5.41) is 11.3. The number of aliphatic carboxylic acids is 1. The first kappa shape index (κ1) is 23.0. The minimum absolute atomic E-state index is 0.280. The van der Waals surface area contributed by atoms with Gasteiger partial charge < -0.3 is 14.7 Å². The lowest BCUT2D eigenvalue weighted by atomic mass is 10.1. The van der Waals surface area contributed by atoms with Gasteiger partial charge in [-0.1, -0.05) is 36.4 Å². The lowest BCUT2D eigenvalue weighted by Gasteiger charge is -2.35. The summed E-state index contributed by atoms with van der Waals surface area (Å²) >= 11 is 0. The first-order chi connectivity index (χ1) is 15.8. The fourth-order valence-electron chi connectivity index (χ4n) is 3.78. The molecule has 0 bridgehead atoms. The zero-order valence-corrected chi connectivity index (χ0v) is 19.2. The molecular formula is C24H27N3O5S. The third-order valence-corrected chi connectivity index (χ3v) is 7.39.